The van der Waals surface area contributed by atoms with Gasteiger partial charge in [0, 0.05) is 19.2 Å². The third-order valence-corrected chi connectivity index (χ3v) is 6.71. The Labute approximate surface area is 88.8 Å². The Hall–Kier alpha value is -0.285. The van der Waals surface area contributed by atoms with Crippen LogP contribution in [0.5, 0.6) is 0 Å². The molecule has 2 radical (unpaired) electrons. The molecule has 2 rings (SSSR count). The van der Waals surface area contributed by atoms with Crippen LogP contribution in [0, 0.1) is 0 Å². The largest absolute Gasteiger partial charge is 0.365 e. The molecule has 1 saturated heterocycles. The van der Waals surface area contributed by atoms with Crippen LogP contribution < -0.4 is 0 Å². The van der Waals surface area contributed by atoms with E-state index in [2.05, 4.69) is 37.0 Å². The smallest absolute Gasteiger partial charge is 0.0622 e. The highest BCUT2D eigenvalue weighted by molar-refractivity contribution is 7.97. The second-order valence-corrected chi connectivity index (χ2v) is 8.43. The fraction of sp³-hybridized carbons (Fsp3) is 0.500. The minimum Gasteiger partial charge on any atom is -0.0622 e. The zero-order valence-corrected chi connectivity index (χ0v) is 9.71. The quantitative estimate of drug-likeness (QED) is 0.511. The summed E-state index contributed by atoms with van der Waals surface area (Å²) in [5.41, 5.74) is 2.24. The fourth-order valence-electron chi connectivity index (χ4n) is 2.34. The minimum atomic E-state index is -1.07. The summed E-state index contributed by atoms with van der Waals surface area (Å²) in [7, 11) is 5.31. The van der Waals surface area contributed by atoms with Crippen LogP contribution in [0.1, 0.15) is 18.4 Å². The van der Waals surface area contributed by atoms with E-state index in [4.69, 9.17) is 7.57 Å². The zero-order valence-electron chi connectivity index (χ0n) is 8.82. The lowest BCUT2D eigenvalue weighted by atomic mass is 10.1. The Morgan fingerprint density at radius 1 is 1.36 bits per heavy atom. The first kappa shape index (κ1) is 10.2. The third-order valence-electron chi connectivity index (χ3n) is 3.33. The van der Waals surface area contributed by atoms with Gasteiger partial charge in [-0.2, -0.15) is 0 Å². The first-order valence-electron chi connectivity index (χ1n) is 5.36. The molecule has 72 valence electrons. The molecule has 0 spiro atoms. The molecule has 1 aromatic carbocycles. The van der Waals surface area contributed by atoms with Crippen LogP contribution in [0.25, 0.3) is 0 Å². The summed E-state index contributed by atoms with van der Waals surface area (Å²) in [6.45, 7) is 2.31. The van der Waals surface area contributed by atoms with E-state index in [9.17, 15) is 0 Å². The van der Waals surface area contributed by atoms with Crippen molar-refractivity contribution in [3.8, 4) is 0 Å². The SMILES string of the molecule is [B][P+]1(C)CCC[C@@H]1Cc1ccccc1. The van der Waals surface area contributed by atoms with E-state index in [1.54, 1.807) is 0 Å². The van der Waals surface area contributed by atoms with E-state index in [1.807, 2.05) is 0 Å². The van der Waals surface area contributed by atoms with Gasteiger partial charge in [0.25, 0.3) is 0 Å². The average molecular weight is 203 g/mol. The summed E-state index contributed by atoms with van der Waals surface area (Å²) >= 11 is 0. The van der Waals surface area contributed by atoms with Crippen molar-refractivity contribution in [2.45, 2.75) is 24.9 Å². The molecule has 1 aliphatic rings. The number of hydrogen-bond donors (Lipinski definition) is 0. The highest BCUT2D eigenvalue weighted by Crippen LogP contribution is 2.62. The van der Waals surface area contributed by atoms with Gasteiger partial charge in [0.1, 0.15) is 0 Å². The predicted molar refractivity (Wildman–Crippen MR) is 66.6 cm³/mol. The van der Waals surface area contributed by atoms with Crippen LogP contribution in [0.3, 0.4) is 0 Å². The summed E-state index contributed by atoms with van der Waals surface area (Å²) in [5.74, 6) is 0. The Morgan fingerprint density at radius 3 is 2.64 bits per heavy atom. The third kappa shape index (κ3) is 2.20. The van der Waals surface area contributed by atoms with E-state index < -0.39 is 7.14 Å². The summed E-state index contributed by atoms with van der Waals surface area (Å²) in [6, 6.07) is 10.8. The number of rotatable bonds is 2. The second-order valence-electron chi connectivity index (χ2n) is 4.56. The van der Waals surface area contributed by atoms with Crippen molar-refractivity contribution in [3.05, 3.63) is 35.9 Å². The molecule has 1 heterocycles. The van der Waals surface area contributed by atoms with Crippen LogP contribution in [-0.2, 0) is 6.42 Å². The van der Waals surface area contributed by atoms with Crippen LogP contribution in [0.4, 0.5) is 0 Å². The lowest BCUT2D eigenvalue weighted by Crippen LogP contribution is -2.11. The van der Waals surface area contributed by atoms with E-state index in [0.29, 0.717) is 0 Å². The van der Waals surface area contributed by atoms with Gasteiger partial charge in [-0.15, -0.1) is 0 Å². The molecule has 0 saturated carbocycles. The molecule has 1 fully saturated rings. The van der Waals surface area contributed by atoms with E-state index in [1.165, 1.54) is 31.0 Å². The number of hydrogen-bond acceptors (Lipinski definition) is 0. The highest BCUT2D eigenvalue weighted by Gasteiger charge is 2.40. The Bertz CT molecular complexity index is 294. The molecule has 2 atom stereocenters. The molecule has 1 aliphatic heterocycles. The van der Waals surface area contributed by atoms with E-state index in [0.717, 1.165) is 5.66 Å². The number of benzene rings is 1. The van der Waals surface area contributed by atoms with Crippen molar-refractivity contribution in [3.63, 3.8) is 0 Å². The van der Waals surface area contributed by atoms with Gasteiger partial charge in [0.15, 0.2) is 0 Å². The molecular formula is C12H17BP+. The van der Waals surface area contributed by atoms with Gasteiger partial charge < -0.3 is 0 Å². The van der Waals surface area contributed by atoms with Crippen LogP contribution in [0.15, 0.2) is 30.3 Å². The van der Waals surface area contributed by atoms with Gasteiger partial charge in [-0.25, -0.2) is 0 Å². The maximum absolute atomic E-state index is 6.38. The molecule has 0 aromatic heterocycles. The molecule has 0 bridgehead atoms. The second kappa shape index (κ2) is 4.07. The van der Waals surface area contributed by atoms with Gasteiger partial charge in [0.05, 0.1) is 5.66 Å². The molecular weight excluding hydrogens is 186 g/mol. The summed E-state index contributed by atoms with van der Waals surface area (Å²) in [5, 5.41) is 0. The van der Waals surface area contributed by atoms with Crippen molar-refractivity contribution in [2.75, 3.05) is 12.8 Å². The van der Waals surface area contributed by atoms with Crippen LogP contribution >= 0.6 is 7.14 Å². The Balaban J connectivity index is 2.05. The topological polar surface area (TPSA) is 0 Å². The molecule has 0 nitrogen and oxygen atoms in total. The predicted octanol–water partition coefficient (Wildman–Crippen LogP) is 3.12. The molecule has 2 heteroatoms. The van der Waals surface area contributed by atoms with Crippen LogP contribution in [-0.4, -0.2) is 26.1 Å². The molecule has 0 amide bonds. The van der Waals surface area contributed by atoms with Crippen molar-refractivity contribution in [1.82, 2.24) is 0 Å². The van der Waals surface area contributed by atoms with Crippen molar-refractivity contribution < 1.29 is 0 Å². The van der Waals surface area contributed by atoms with Crippen LogP contribution in [0.2, 0.25) is 0 Å². The van der Waals surface area contributed by atoms with Crippen molar-refractivity contribution in [2.24, 2.45) is 0 Å². The Kier molecular flexibility index (Phi) is 2.97. The summed E-state index contributed by atoms with van der Waals surface area (Å²) in [4.78, 5) is 0. The van der Waals surface area contributed by atoms with Gasteiger partial charge in [-0.3, -0.25) is 0 Å². The lowest BCUT2D eigenvalue weighted by Gasteiger charge is -2.20. The fourth-order valence-corrected chi connectivity index (χ4v) is 4.97. The maximum Gasteiger partial charge on any atom is 0.365 e. The Morgan fingerprint density at radius 2 is 2.07 bits per heavy atom. The molecule has 14 heavy (non-hydrogen) atoms. The van der Waals surface area contributed by atoms with Gasteiger partial charge in [-0.05, 0) is 25.5 Å². The average Bonchev–Trinajstić information content (AvgIpc) is 2.48. The van der Waals surface area contributed by atoms with E-state index in [-0.39, 0.29) is 0 Å². The first-order valence-corrected chi connectivity index (χ1v) is 7.92. The summed E-state index contributed by atoms with van der Waals surface area (Å²) in [6.07, 6.45) is 5.18. The minimum absolute atomic E-state index is 0.782. The molecule has 0 aliphatic carbocycles. The van der Waals surface area contributed by atoms with Crippen molar-refractivity contribution in [1.29, 1.82) is 0 Å². The van der Waals surface area contributed by atoms with Gasteiger partial charge >= 0.3 is 7.57 Å². The highest BCUT2D eigenvalue weighted by atomic mass is 31.2. The zero-order chi connectivity index (χ0) is 10.0. The monoisotopic (exact) mass is 203 g/mol. The molecule has 0 N–H and O–H groups in total. The summed E-state index contributed by atoms with van der Waals surface area (Å²) < 4.78 is 0. The van der Waals surface area contributed by atoms with Crippen molar-refractivity contribution >= 4 is 14.7 Å². The molecule has 1 aromatic rings. The lowest BCUT2D eigenvalue weighted by molar-refractivity contribution is 0.773. The normalized spacial score (nSPS) is 31.9. The van der Waals surface area contributed by atoms with Gasteiger partial charge in [0.2, 0.25) is 0 Å². The maximum atomic E-state index is 6.38. The standard InChI is InChI=1S/C12H17BP/c1-14(13)9-5-8-12(14)10-11-6-3-2-4-7-11/h2-4,6-7,12H,5,8-10H2,1H3/q+1/t12-,14?/m1/s1. The molecule has 1 unspecified atom stereocenters. The van der Waals surface area contributed by atoms with Gasteiger partial charge in [-0.1, -0.05) is 30.3 Å². The first-order chi connectivity index (χ1) is 6.68. The van der Waals surface area contributed by atoms with E-state index >= 15 is 0 Å².